The van der Waals surface area contributed by atoms with E-state index in [2.05, 4.69) is 21.2 Å². The minimum Gasteiger partial charge on any atom is -0.355 e. The van der Waals surface area contributed by atoms with Crippen molar-refractivity contribution < 1.29 is 4.39 Å². The summed E-state index contributed by atoms with van der Waals surface area (Å²) in [5.74, 6) is -0.250. The van der Waals surface area contributed by atoms with Gasteiger partial charge in [0.25, 0.3) is 0 Å². The molecule has 15 heavy (non-hydrogen) atoms. The zero-order valence-corrected chi connectivity index (χ0v) is 9.46. The molecule has 0 aliphatic heterocycles. The highest BCUT2D eigenvalue weighted by Crippen LogP contribution is 2.26. The molecule has 0 unspecified atom stereocenters. The van der Waals surface area contributed by atoms with Crippen LogP contribution in [0.15, 0.2) is 53.0 Å². The van der Waals surface area contributed by atoms with Crippen molar-refractivity contribution in [2.24, 2.45) is 0 Å². The molecule has 2 rings (SSSR count). The molecule has 76 valence electrons. The molecule has 3 heteroatoms. The van der Waals surface area contributed by atoms with Crippen LogP contribution in [0.4, 0.5) is 15.8 Å². The van der Waals surface area contributed by atoms with E-state index < -0.39 is 0 Å². The normalized spacial score (nSPS) is 10.0. The van der Waals surface area contributed by atoms with Crippen LogP contribution in [0.3, 0.4) is 0 Å². The minimum atomic E-state index is -0.250. The van der Waals surface area contributed by atoms with E-state index in [4.69, 9.17) is 0 Å². The summed E-state index contributed by atoms with van der Waals surface area (Å²) in [6.45, 7) is 0. The maximum Gasteiger partial charge on any atom is 0.124 e. The minimum absolute atomic E-state index is 0.250. The molecule has 0 amide bonds. The van der Waals surface area contributed by atoms with Crippen LogP contribution in [0.1, 0.15) is 0 Å². The number of anilines is 2. The Bertz CT molecular complexity index is 456. The van der Waals surface area contributed by atoms with Gasteiger partial charge in [0.2, 0.25) is 0 Å². The SMILES string of the molecule is Fc1ccc(Nc2ccccc2)c(Br)c1. The van der Waals surface area contributed by atoms with Crippen LogP contribution in [0.25, 0.3) is 0 Å². The van der Waals surface area contributed by atoms with Gasteiger partial charge in [0.15, 0.2) is 0 Å². The molecule has 0 radical (unpaired) electrons. The first-order valence-electron chi connectivity index (χ1n) is 4.53. The fourth-order valence-corrected chi connectivity index (χ4v) is 1.72. The van der Waals surface area contributed by atoms with E-state index in [0.717, 1.165) is 11.4 Å². The van der Waals surface area contributed by atoms with Gasteiger partial charge in [-0.15, -0.1) is 0 Å². The van der Waals surface area contributed by atoms with Crippen LogP contribution in [-0.4, -0.2) is 0 Å². The van der Waals surface area contributed by atoms with Crippen LogP contribution < -0.4 is 5.32 Å². The molecule has 0 spiro atoms. The van der Waals surface area contributed by atoms with Crippen LogP contribution in [-0.2, 0) is 0 Å². The lowest BCUT2D eigenvalue weighted by molar-refractivity contribution is 0.627. The van der Waals surface area contributed by atoms with Crippen LogP contribution >= 0.6 is 15.9 Å². The summed E-state index contributed by atoms with van der Waals surface area (Å²) in [5, 5.41) is 3.19. The fraction of sp³-hybridized carbons (Fsp3) is 0. The van der Waals surface area contributed by atoms with E-state index in [-0.39, 0.29) is 5.82 Å². The number of nitrogens with one attached hydrogen (secondary N) is 1. The molecule has 1 N–H and O–H groups in total. The van der Waals surface area contributed by atoms with E-state index in [1.807, 2.05) is 30.3 Å². The fourth-order valence-electron chi connectivity index (χ4n) is 1.27. The molecule has 0 saturated carbocycles. The predicted molar refractivity (Wildman–Crippen MR) is 63.8 cm³/mol. The zero-order valence-electron chi connectivity index (χ0n) is 7.87. The first-order chi connectivity index (χ1) is 7.25. The third-order valence-electron chi connectivity index (χ3n) is 1.98. The summed E-state index contributed by atoms with van der Waals surface area (Å²) < 4.78 is 13.5. The molecular formula is C12H9BrFN. The summed E-state index contributed by atoms with van der Waals surface area (Å²) >= 11 is 3.30. The van der Waals surface area contributed by atoms with Crippen molar-refractivity contribution in [2.45, 2.75) is 0 Å². The van der Waals surface area contributed by atoms with E-state index in [1.165, 1.54) is 12.1 Å². The van der Waals surface area contributed by atoms with Crippen LogP contribution in [0, 0.1) is 5.82 Å². The molecule has 1 nitrogen and oxygen atoms in total. The van der Waals surface area contributed by atoms with Gasteiger partial charge in [-0.25, -0.2) is 4.39 Å². The second kappa shape index (κ2) is 4.45. The van der Waals surface area contributed by atoms with Crippen molar-refractivity contribution in [3.63, 3.8) is 0 Å². The summed E-state index contributed by atoms with van der Waals surface area (Å²) in [6.07, 6.45) is 0. The number of halogens is 2. The van der Waals surface area contributed by atoms with Gasteiger partial charge in [0.1, 0.15) is 5.82 Å². The Morgan fingerprint density at radius 2 is 1.73 bits per heavy atom. The summed E-state index contributed by atoms with van der Waals surface area (Å²) in [6, 6.07) is 14.3. The third-order valence-corrected chi connectivity index (χ3v) is 2.64. The van der Waals surface area contributed by atoms with E-state index >= 15 is 0 Å². The summed E-state index contributed by atoms with van der Waals surface area (Å²) in [7, 11) is 0. The van der Waals surface area contributed by atoms with Crippen molar-refractivity contribution in [1.29, 1.82) is 0 Å². The predicted octanol–water partition coefficient (Wildman–Crippen LogP) is 4.33. The van der Waals surface area contributed by atoms with Gasteiger partial charge in [-0.05, 0) is 46.3 Å². The molecule has 2 aromatic rings. The number of benzene rings is 2. The maximum atomic E-state index is 12.8. The molecule has 0 atom stereocenters. The first-order valence-corrected chi connectivity index (χ1v) is 5.32. The molecule has 0 bridgehead atoms. The van der Waals surface area contributed by atoms with Crippen molar-refractivity contribution in [3.8, 4) is 0 Å². The Labute approximate surface area is 96.1 Å². The van der Waals surface area contributed by atoms with Crippen molar-refractivity contribution >= 4 is 27.3 Å². The van der Waals surface area contributed by atoms with Crippen molar-refractivity contribution in [1.82, 2.24) is 0 Å². The Morgan fingerprint density at radius 3 is 2.40 bits per heavy atom. The second-order valence-electron chi connectivity index (χ2n) is 3.12. The zero-order chi connectivity index (χ0) is 10.7. The average molecular weight is 266 g/mol. The lowest BCUT2D eigenvalue weighted by Crippen LogP contribution is -1.91. The van der Waals surface area contributed by atoms with E-state index in [9.17, 15) is 4.39 Å². The highest BCUT2D eigenvalue weighted by molar-refractivity contribution is 9.10. The molecule has 0 aliphatic carbocycles. The van der Waals surface area contributed by atoms with Crippen LogP contribution in [0.5, 0.6) is 0 Å². The highest BCUT2D eigenvalue weighted by Gasteiger charge is 2.00. The molecule has 0 aromatic heterocycles. The quantitative estimate of drug-likeness (QED) is 0.852. The lowest BCUT2D eigenvalue weighted by atomic mass is 10.2. The van der Waals surface area contributed by atoms with Gasteiger partial charge in [0.05, 0.1) is 5.69 Å². The Morgan fingerprint density at radius 1 is 1.00 bits per heavy atom. The van der Waals surface area contributed by atoms with Gasteiger partial charge in [-0.2, -0.15) is 0 Å². The van der Waals surface area contributed by atoms with Gasteiger partial charge >= 0.3 is 0 Å². The summed E-state index contributed by atoms with van der Waals surface area (Å²) in [5.41, 5.74) is 1.83. The van der Waals surface area contributed by atoms with Gasteiger partial charge < -0.3 is 5.32 Å². The largest absolute Gasteiger partial charge is 0.355 e. The second-order valence-corrected chi connectivity index (χ2v) is 3.97. The lowest BCUT2D eigenvalue weighted by Gasteiger charge is -2.07. The monoisotopic (exact) mass is 265 g/mol. The molecule has 0 heterocycles. The van der Waals surface area contributed by atoms with Crippen molar-refractivity contribution in [3.05, 3.63) is 58.8 Å². The molecule has 0 aliphatic rings. The number of rotatable bonds is 2. The summed E-state index contributed by atoms with van der Waals surface area (Å²) in [4.78, 5) is 0. The molecular weight excluding hydrogens is 257 g/mol. The number of hydrogen-bond acceptors (Lipinski definition) is 1. The van der Waals surface area contributed by atoms with Crippen LogP contribution in [0.2, 0.25) is 0 Å². The smallest absolute Gasteiger partial charge is 0.124 e. The highest BCUT2D eigenvalue weighted by atomic mass is 79.9. The standard InChI is InChI=1S/C12H9BrFN/c13-11-8-9(14)6-7-12(11)15-10-4-2-1-3-5-10/h1-8,15H. The van der Waals surface area contributed by atoms with Gasteiger partial charge in [0, 0.05) is 10.2 Å². The molecule has 0 fully saturated rings. The maximum absolute atomic E-state index is 12.8. The van der Waals surface area contributed by atoms with E-state index in [1.54, 1.807) is 6.07 Å². The third kappa shape index (κ3) is 2.57. The number of para-hydroxylation sites is 1. The number of hydrogen-bond donors (Lipinski definition) is 1. The topological polar surface area (TPSA) is 12.0 Å². The Kier molecular flexibility index (Phi) is 3.02. The Balaban J connectivity index is 2.25. The van der Waals surface area contributed by atoms with E-state index in [0.29, 0.717) is 4.47 Å². The first kappa shape index (κ1) is 10.2. The van der Waals surface area contributed by atoms with Gasteiger partial charge in [-0.3, -0.25) is 0 Å². The average Bonchev–Trinajstić information content (AvgIpc) is 2.24. The van der Waals surface area contributed by atoms with Crippen molar-refractivity contribution in [2.75, 3.05) is 5.32 Å². The Hall–Kier alpha value is -1.35. The van der Waals surface area contributed by atoms with Gasteiger partial charge in [-0.1, -0.05) is 18.2 Å². The molecule has 2 aromatic carbocycles. The molecule has 0 saturated heterocycles.